The van der Waals surface area contributed by atoms with Crippen LogP contribution < -0.4 is 9.80 Å². The Hall–Kier alpha value is -5.91. The van der Waals surface area contributed by atoms with Gasteiger partial charge in [0.25, 0.3) is 0 Å². The number of hydrogen-bond acceptors (Lipinski definition) is 4. The van der Waals surface area contributed by atoms with Crippen LogP contribution in [-0.4, -0.2) is 8.42 Å². The lowest BCUT2D eigenvalue weighted by Gasteiger charge is -2.42. The van der Waals surface area contributed by atoms with Gasteiger partial charge in [-0.3, -0.25) is 0 Å². The molecule has 7 aromatic rings. The van der Waals surface area contributed by atoms with E-state index in [4.69, 9.17) is 0 Å². The molecule has 242 valence electrons. The predicted octanol–water partition coefficient (Wildman–Crippen LogP) is 11.7. The summed E-state index contributed by atoms with van der Waals surface area (Å²) in [6.45, 7) is 4.53. The molecule has 0 spiro atoms. The minimum atomic E-state index is -3.66. The van der Waals surface area contributed by atoms with Crippen LogP contribution in [0.2, 0.25) is 0 Å². The zero-order valence-corrected chi connectivity index (χ0v) is 28.6. The summed E-state index contributed by atoms with van der Waals surface area (Å²) in [7, 11) is -3.66. The number of rotatable bonds is 5. The summed E-state index contributed by atoms with van der Waals surface area (Å²) in [5, 5.41) is 0. The van der Waals surface area contributed by atoms with E-state index in [0.29, 0.717) is 9.79 Å². The Morgan fingerprint density at radius 2 is 0.940 bits per heavy atom. The average molecular weight is 667 g/mol. The Balaban J connectivity index is 1.13. The summed E-state index contributed by atoms with van der Waals surface area (Å²) in [6, 6.07) is 57.6. The SMILES string of the molecule is CC1(C)c2ccccc2N(c2ccc3c(c2)-c2cc(-c4ccc(N(c5ccccc5)c5ccccc5)cc4)ccc2S3(=O)=O)c2ccccc21. The van der Waals surface area contributed by atoms with E-state index in [-0.39, 0.29) is 5.41 Å². The van der Waals surface area contributed by atoms with Gasteiger partial charge in [-0.05, 0) is 101 Å². The Kier molecular flexibility index (Phi) is 6.84. The highest BCUT2D eigenvalue weighted by Crippen LogP contribution is 2.53. The molecule has 50 heavy (non-hydrogen) atoms. The third kappa shape index (κ3) is 4.62. The standard InChI is InChI=1S/C45H34N2O2S/c1-45(2)39-17-9-11-19-41(39)47(42-20-12-10-18-40(42)45)36-26-28-44-38(30-36)37-29-32(23-27-43(37)50(44,48)49)31-21-24-35(25-22-31)46(33-13-5-3-6-14-33)34-15-7-4-8-16-34/h3-30H,1-2H3. The van der Waals surface area contributed by atoms with E-state index < -0.39 is 9.84 Å². The molecule has 5 heteroatoms. The summed E-state index contributed by atoms with van der Waals surface area (Å²) in [5.41, 5.74) is 12.0. The van der Waals surface area contributed by atoms with Crippen LogP contribution in [0.25, 0.3) is 22.3 Å². The molecule has 2 aliphatic rings. The number of benzene rings is 7. The quantitative estimate of drug-likeness (QED) is 0.183. The number of nitrogens with zero attached hydrogens (tertiary/aromatic N) is 2. The van der Waals surface area contributed by atoms with E-state index in [2.05, 4.69) is 127 Å². The molecule has 0 amide bonds. The number of anilines is 6. The summed E-state index contributed by atoms with van der Waals surface area (Å²) in [4.78, 5) is 5.21. The maximum atomic E-state index is 13.9. The highest BCUT2D eigenvalue weighted by molar-refractivity contribution is 7.92. The fraction of sp³-hybridized carbons (Fsp3) is 0.0667. The Labute approximate surface area is 293 Å². The molecule has 2 heterocycles. The van der Waals surface area contributed by atoms with Gasteiger partial charge in [0.05, 0.1) is 21.2 Å². The molecule has 2 aliphatic heterocycles. The minimum absolute atomic E-state index is 0.181. The van der Waals surface area contributed by atoms with E-state index in [0.717, 1.165) is 56.4 Å². The molecule has 0 fully saturated rings. The first-order valence-electron chi connectivity index (χ1n) is 16.9. The fourth-order valence-corrected chi connectivity index (χ4v) is 9.37. The van der Waals surface area contributed by atoms with Crippen LogP contribution >= 0.6 is 0 Å². The molecular weight excluding hydrogens is 633 g/mol. The van der Waals surface area contributed by atoms with Crippen molar-refractivity contribution in [3.05, 3.63) is 181 Å². The Morgan fingerprint density at radius 1 is 0.480 bits per heavy atom. The van der Waals surface area contributed by atoms with Gasteiger partial charge in [-0.1, -0.05) is 105 Å². The topological polar surface area (TPSA) is 40.6 Å². The Morgan fingerprint density at radius 3 is 1.52 bits per heavy atom. The highest BCUT2D eigenvalue weighted by atomic mass is 32.2. The lowest BCUT2D eigenvalue weighted by atomic mass is 9.73. The summed E-state index contributed by atoms with van der Waals surface area (Å²) < 4.78 is 27.7. The van der Waals surface area contributed by atoms with Crippen molar-refractivity contribution in [3.63, 3.8) is 0 Å². The van der Waals surface area contributed by atoms with Gasteiger partial charge in [-0.15, -0.1) is 0 Å². The van der Waals surface area contributed by atoms with Crippen molar-refractivity contribution in [1.82, 2.24) is 0 Å². The van der Waals surface area contributed by atoms with Crippen LogP contribution in [0.5, 0.6) is 0 Å². The van der Waals surface area contributed by atoms with Gasteiger partial charge in [-0.25, -0.2) is 8.42 Å². The summed E-state index contributed by atoms with van der Waals surface area (Å²) in [6.07, 6.45) is 0. The van der Waals surface area contributed by atoms with E-state index in [1.165, 1.54) is 11.1 Å². The first-order chi connectivity index (χ1) is 24.3. The normalized spacial score (nSPS) is 14.6. The smallest absolute Gasteiger partial charge is 0.207 e. The van der Waals surface area contributed by atoms with E-state index in [1.54, 1.807) is 12.1 Å². The lowest BCUT2D eigenvalue weighted by molar-refractivity contribution is 0.598. The van der Waals surface area contributed by atoms with Gasteiger partial charge >= 0.3 is 0 Å². The zero-order chi connectivity index (χ0) is 34.0. The van der Waals surface area contributed by atoms with E-state index in [1.807, 2.05) is 54.6 Å². The minimum Gasteiger partial charge on any atom is -0.311 e. The molecule has 0 atom stereocenters. The molecule has 4 nitrogen and oxygen atoms in total. The fourth-order valence-electron chi connectivity index (χ4n) is 7.73. The lowest BCUT2D eigenvalue weighted by Crippen LogP contribution is -2.30. The Bertz CT molecular complexity index is 2440. The highest BCUT2D eigenvalue weighted by Gasteiger charge is 2.38. The molecule has 0 radical (unpaired) electrons. The van der Waals surface area contributed by atoms with Crippen LogP contribution in [0, 0.1) is 0 Å². The average Bonchev–Trinajstić information content (AvgIpc) is 3.38. The van der Waals surface area contributed by atoms with Crippen molar-refractivity contribution in [1.29, 1.82) is 0 Å². The van der Waals surface area contributed by atoms with Gasteiger partial charge in [0, 0.05) is 39.3 Å². The first kappa shape index (κ1) is 30.2. The van der Waals surface area contributed by atoms with Crippen molar-refractivity contribution in [3.8, 4) is 22.3 Å². The molecule has 0 unspecified atom stereocenters. The monoisotopic (exact) mass is 666 g/mol. The summed E-state index contributed by atoms with van der Waals surface area (Å²) >= 11 is 0. The van der Waals surface area contributed by atoms with Gasteiger partial charge in [0.15, 0.2) is 0 Å². The molecule has 0 N–H and O–H groups in total. The third-order valence-electron chi connectivity index (χ3n) is 10.2. The van der Waals surface area contributed by atoms with Crippen molar-refractivity contribution in [2.75, 3.05) is 9.80 Å². The van der Waals surface area contributed by atoms with E-state index in [9.17, 15) is 8.42 Å². The molecule has 0 bridgehead atoms. The second kappa shape index (κ2) is 11.3. The second-order valence-electron chi connectivity index (χ2n) is 13.4. The van der Waals surface area contributed by atoms with Crippen LogP contribution in [0.1, 0.15) is 25.0 Å². The van der Waals surface area contributed by atoms with Crippen molar-refractivity contribution < 1.29 is 8.42 Å². The van der Waals surface area contributed by atoms with Crippen molar-refractivity contribution in [2.24, 2.45) is 0 Å². The first-order valence-corrected chi connectivity index (χ1v) is 18.3. The maximum absolute atomic E-state index is 13.9. The van der Waals surface area contributed by atoms with Gasteiger partial charge in [-0.2, -0.15) is 0 Å². The summed E-state index contributed by atoms with van der Waals surface area (Å²) in [5.74, 6) is 0. The van der Waals surface area contributed by atoms with Crippen LogP contribution in [0.3, 0.4) is 0 Å². The molecule has 0 aromatic heterocycles. The van der Waals surface area contributed by atoms with Crippen LogP contribution in [0.15, 0.2) is 180 Å². The van der Waals surface area contributed by atoms with E-state index >= 15 is 0 Å². The predicted molar refractivity (Wildman–Crippen MR) is 204 cm³/mol. The van der Waals surface area contributed by atoms with Crippen LogP contribution in [-0.2, 0) is 15.3 Å². The van der Waals surface area contributed by atoms with Gasteiger partial charge < -0.3 is 9.80 Å². The number of para-hydroxylation sites is 4. The molecule has 0 saturated heterocycles. The van der Waals surface area contributed by atoms with Gasteiger partial charge in [0.1, 0.15) is 0 Å². The maximum Gasteiger partial charge on any atom is 0.207 e. The number of sulfone groups is 1. The van der Waals surface area contributed by atoms with Gasteiger partial charge in [0.2, 0.25) is 9.84 Å². The van der Waals surface area contributed by atoms with Crippen molar-refractivity contribution >= 4 is 44.0 Å². The molecule has 7 aromatic carbocycles. The molecule has 0 aliphatic carbocycles. The van der Waals surface area contributed by atoms with Crippen molar-refractivity contribution in [2.45, 2.75) is 29.1 Å². The number of fused-ring (bicyclic) bond motifs is 5. The molecule has 0 saturated carbocycles. The largest absolute Gasteiger partial charge is 0.311 e. The molecule has 9 rings (SSSR count). The number of hydrogen-bond donors (Lipinski definition) is 0. The molecular formula is C45H34N2O2S. The third-order valence-corrected chi connectivity index (χ3v) is 12.1. The van der Waals surface area contributed by atoms with Crippen LogP contribution in [0.4, 0.5) is 34.1 Å². The second-order valence-corrected chi connectivity index (χ2v) is 15.3. The zero-order valence-electron chi connectivity index (χ0n) is 27.8.